The monoisotopic (exact) mass is 507 g/mol. The second-order valence-corrected chi connectivity index (χ2v) is 10.9. The van der Waals surface area contributed by atoms with E-state index in [0.29, 0.717) is 17.5 Å². The van der Waals surface area contributed by atoms with Crippen LogP contribution in [-0.4, -0.2) is 21.2 Å². The van der Waals surface area contributed by atoms with Gasteiger partial charge in [-0.3, -0.25) is 14.2 Å². The first-order chi connectivity index (χ1) is 17.1. The van der Waals surface area contributed by atoms with Crippen LogP contribution in [0.15, 0.2) is 57.0 Å². The molecule has 0 spiro atoms. The largest absolute Gasteiger partial charge is 0.467 e. The van der Waals surface area contributed by atoms with Gasteiger partial charge in [0.1, 0.15) is 10.6 Å². The molecule has 0 fully saturated rings. The Morgan fingerprint density at radius 2 is 2.03 bits per heavy atom. The fourth-order valence-electron chi connectivity index (χ4n) is 4.49. The average molecular weight is 508 g/mol. The van der Waals surface area contributed by atoms with Crippen molar-refractivity contribution < 1.29 is 9.21 Å². The topological polar surface area (TPSA) is 77.1 Å². The summed E-state index contributed by atoms with van der Waals surface area (Å²) in [4.78, 5) is 33.3. The Morgan fingerprint density at radius 1 is 1.20 bits per heavy atom. The lowest BCUT2D eigenvalue weighted by Crippen LogP contribution is -2.25. The molecular weight excluding hydrogens is 478 g/mol. The van der Waals surface area contributed by atoms with Gasteiger partial charge in [-0.2, -0.15) is 0 Å². The Labute approximate surface area is 212 Å². The lowest BCUT2D eigenvalue weighted by atomic mass is 9.97. The SMILES string of the molecule is CCCCc1ccc(NC(=O)CSc2nc3sc4c(c3c(=O)n2Cc2ccco2)CCCC4)cc1. The minimum atomic E-state index is -0.124. The molecule has 3 heterocycles. The second kappa shape index (κ2) is 10.8. The van der Waals surface area contributed by atoms with Gasteiger partial charge in [-0.1, -0.05) is 37.2 Å². The van der Waals surface area contributed by atoms with Crippen LogP contribution in [0.25, 0.3) is 10.2 Å². The summed E-state index contributed by atoms with van der Waals surface area (Å²) in [6, 6.07) is 11.7. The Balaban J connectivity index is 1.36. The number of thiophene rings is 1. The summed E-state index contributed by atoms with van der Waals surface area (Å²) in [6.45, 7) is 2.47. The molecule has 1 N–H and O–H groups in total. The van der Waals surface area contributed by atoms with Crippen molar-refractivity contribution >= 4 is 44.9 Å². The molecule has 182 valence electrons. The summed E-state index contributed by atoms with van der Waals surface area (Å²) in [7, 11) is 0. The highest BCUT2D eigenvalue weighted by Gasteiger charge is 2.23. The summed E-state index contributed by atoms with van der Waals surface area (Å²) in [5.41, 5.74) is 3.17. The number of carbonyl (C=O) groups is 1. The predicted molar refractivity (Wildman–Crippen MR) is 143 cm³/mol. The van der Waals surface area contributed by atoms with Gasteiger partial charge in [0.15, 0.2) is 5.16 Å². The molecule has 4 aromatic rings. The molecule has 8 heteroatoms. The Kier molecular flexibility index (Phi) is 7.39. The number of hydrogen-bond acceptors (Lipinski definition) is 6. The van der Waals surface area contributed by atoms with E-state index in [-0.39, 0.29) is 17.2 Å². The van der Waals surface area contributed by atoms with Crippen molar-refractivity contribution in [2.24, 2.45) is 0 Å². The summed E-state index contributed by atoms with van der Waals surface area (Å²) in [5, 5.41) is 4.25. The number of furan rings is 1. The van der Waals surface area contributed by atoms with E-state index in [9.17, 15) is 9.59 Å². The third kappa shape index (κ3) is 5.38. The predicted octanol–water partition coefficient (Wildman–Crippen LogP) is 6.05. The van der Waals surface area contributed by atoms with E-state index in [1.807, 2.05) is 24.3 Å². The maximum atomic E-state index is 13.6. The third-order valence-corrected chi connectivity index (χ3v) is 8.49. The van der Waals surface area contributed by atoms with Crippen LogP contribution < -0.4 is 10.9 Å². The Bertz CT molecular complexity index is 1370. The number of nitrogens with one attached hydrogen (secondary N) is 1. The van der Waals surface area contributed by atoms with Gasteiger partial charge in [0.25, 0.3) is 5.56 Å². The molecule has 0 saturated heterocycles. The van der Waals surface area contributed by atoms with Crippen LogP contribution >= 0.6 is 23.1 Å². The maximum absolute atomic E-state index is 13.6. The number of nitrogens with zero attached hydrogens (tertiary/aromatic N) is 2. The van der Waals surface area contributed by atoms with Crippen molar-refractivity contribution in [1.29, 1.82) is 0 Å². The number of rotatable bonds is 9. The summed E-state index contributed by atoms with van der Waals surface area (Å²) in [6.07, 6.45) is 9.17. The minimum Gasteiger partial charge on any atom is -0.467 e. The molecule has 6 nitrogen and oxygen atoms in total. The molecule has 3 aromatic heterocycles. The van der Waals surface area contributed by atoms with Gasteiger partial charge >= 0.3 is 0 Å². The lowest BCUT2D eigenvalue weighted by molar-refractivity contribution is -0.113. The number of anilines is 1. The number of benzene rings is 1. The maximum Gasteiger partial charge on any atom is 0.263 e. The van der Waals surface area contributed by atoms with Gasteiger partial charge in [0.2, 0.25) is 5.91 Å². The van der Waals surface area contributed by atoms with E-state index in [4.69, 9.17) is 9.40 Å². The van der Waals surface area contributed by atoms with Crippen LogP contribution in [0.2, 0.25) is 0 Å². The van der Waals surface area contributed by atoms with Crippen molar-refractivity contribution in [2.75, 3.05) is 11.1 Å². The van der Waals surface area contributed by atoms with Crippen molar-refractivity contribution in [1.82, 2.24) is 9.55 Å². The number of thioether (sulfide) groups is 1. The number of amides is 1. The molecule has 0 atom stereocenters. The van der Waals surface area contributed by atoms with Crippen LogP contribution in [0.4, 0.5) is 5.69 Å². The van der Waals surface area contributed by atoms with Crippen molar-refractivity contribution in [2.45, 2.75) is 63.6 Å². The number of carbonyl (C=O) groups excluding carboxylic acids is 1. The number of fused-ring (bicyclic) bond motifs is 3. The summed E-state index contributed by atoms with van der Waals surface area (Å²) in [5.74, 6) is 0.728. The van der Waals surface area contributed by atoms with Gasteiger partial charge in [0.05, 0.1) is 23.9 Å². The smallest absolute Gasteiger partial charge is 0.263 e. The molecule has 1 aliphatic carbocycles. The molecule has 0 aliphatic heterocycles. The van der Waals surface area contributed by atoms with Crippen molar-refractivity contribution in [3.8, 4) is 0 Å². The molecular formula is C27H29N3O3S2. The van der Waals surface area contributed by atoms with Gasteiger partial charge in [-0.05, 0) is 73.9 Å². The fraction of sp³-hybridized carbons (Fsp3) is 0.370. The molecule has 35 heavy (non-hydrogen) atoms. The standard InChI is InChI=1S/C27H29N3O3S2/c1-2-3-7-18-11-13-19(14-12-18)28-23(31)17-34-27-29-25-24(21-9-4-5-10-22(21)35-25)26(32)30(27)16-20-8-6-15-33-20/h6,8,11-15H,2-5,7,9-10,16-17H2,1H3,(H,28,31). The molecule has 1 aromatic carbocycles. The Morgan fingerprint density at radius 3 is 2.80 bits per heavy atom. The number of hydrogen-bond donors (Lipinski definition) is 1. The highest BCUT2D eigenvalue weighted by molar-refractivity contribution is 7.99. The van der Waals surface area contributed by atoms with Crippen molar-refractivity contribution in [3.05, 3.63) is 74.8 Å². The second-order valence-electron chi connectivity index (χ2n) is 8.89. The number of aromatic nitrogens is 2. The number of unbranched alkanes of at least 4 members (excludes halogenated alkanes) is 1. The van der Waals surface area contributed by atoms with E-state index in [1.165, 1.54) is 27.8 Å². The molecule has 0 unspecified atom stereocenters. The van der Waals surface area contributed by atoms with E-state index >= 15 is 0 Å². The third-order valence-electron chi connectivity index (χ3n) is 6.32. The average Bonchev–Trinajstić information content (AvgIpc) is 3.52. The van der Waals surface area contributed by atoms with Crippen LogP contribution in [0, 0.1) is 0 Å². The fourth-order valence-corrected chi connectivity index (χ4v) is 6.59. The number of aryl methyl sites for hydroxylation is 3. The van der Waals surface area contributed by atoms with Gasteiger partial charge in [-0.25, -0.2) is 4.98 Å². The van der Waals surface area contributed by atoms with E-state index in [2.05, 4.69) is 24.4 Å². The molecule has 0 bridgehead atoms. The molecule has 0 saturated carbocycles. The summed E-state index contributed by atoms with van der Waals surface area (Å²) >= 11 is 2.92. The zero-order valence-corrected chi connectivity index (χ0v) is 21.5. The summed E-state index contributed by atoms with van der Waals surface area (Å²) < 4.78 is 7.17. The highest BCUT2D eigenvalue weighted by Crippen LogP contribution is 2.34. The lowest BCUT2D eigenvalue weighted by Gasteiger charge is -2.13. The molecule has 1 amide bonds. The highest BCUT2D eigenvalue weighted by atomic mass is 32.2. The van der Waals surface area contributed by atoms with Gasteiger partial charge < -0.3 is 9.73 Å². The zero-order valence-electron chi connectivity index (χ0n) is 19.8. The molecule has 0 radical (unpaired) electrons. The molecule has 5 rings (SSSR count). The van der Waals surface area contributed by atoms with Crippen LogP contribution in [0.3, 0.4) is 0 Å². The first-order valence-corrected chi connectivity index (χ1v) is 14.0. The quantitative estimate of drug-likeness (QED) is 0.220. The van der Waals surface area contributed by atoms with Gasteiger partial charge in [-0.15, -0.1) is 11.3 Å². The van der Waals surface area contributed by atoms with Gasteiger partial charge in [0, 0.05) is 10.6 Å². The zero-order chi connectivity index (χ0) is 24.2. The minimum absolute atomic E-state index is 0.0450. The Hall–Kier alpha value is -2.84. The first kappa shape index (κ1) is 23.9. The molecule has 1 aliphatic rings. The van der Waals surface area contributed by atoms with E-state index in [0.717, 1.165) is 60.8 Å². The van der Waals surface area contributed by atoms with Crippen LogP contribution in [0.1, 0.15) is 54.4 Å². The van der Waals surface area contributed by atoms with Crippen LogP contribution in [-0.2, 0) is 30.6 Å². The van der Waals surface area contributed by atoms with E-state index < -0.39 is 0 Å². The van der Waals surface area contributed by atoms with Crippen molar-refractivity contribution in [3.63, 3.8) is 0 Å². The van der Waals surface area contributed by atoms with E-state index in [1.54, 1.807) is 22.2 Å². The van der Waals surface area contributed by atoms with Crippen LogP contribution in [0.5, 0.6) is 0 Å². The first-order valence-electron chi connectivity index (χ1n) is 12.2. The normalized spacial score (nSPS) is 13.2.